The normalized spacial score (nSPS) is 10.6. The van der Waals surface area contributed by atoms with Gasteiger partial charge in [-0.1, -0.05) is 110 Å². The lowest BCUT2D eigenvalue weighted by atomic mass is 10.0. The first-order chi connectivity index (χ1) is 17.7. The Hall–Kier alpha value is -4.18. The maximum atomic E-state index is 12.4. The maximum absolute atomic E-state index is 12.4. The second-order valence-corrected chi connectivity index (χ2v) is 8.59. The first-order valence-corrected chi connectivity index (χ1v) is 12.4. The summed E-state index contributed by atoms with van der Waals surface area (Å²) in [4.78, 5) is 24.8. The van der Waals surface area contributed by atoms with Crippen LogP contribution in [0.5, 0.6) is 11.5 Å². The molecule has 0 aliphatic heterocycles. The van der Waals surface area contributed by atoms with Gasteiger partial charge in [0.05, 0.1) is 0 Å². The Morgan fingerprint density at radius 2 is 0.806 bits per heavy atom. The topological polar surface area (TPSA) is 52.6 Å². The van der Waals surface area contributed by atoms with Gasteiger partial charge in [0.15, 0.2) is 0 Å². The minimum Gasteiger partial charge on any atom is -0.426 e. The molecule has 0 bridgehead atoms. The number of para-hydroxylation sites is 2. The van der Waals surface area contributed by atoms with Gasteiger partial charge < -0.3 is 9.47 Å². The Labute approximate surface area is 212 Å². The molecule has 4 aromatic rings. The summed E-state index contributed by atoms with van der Waals surface area (Å²) in [6.45, 7) is 0. The largest absolute Gasteiger partial charge is 0.426 e. The summed E-state index contributed by atoms with van der Waals surface area (Å²) in [7, 11) is 0. The lowest BCUT2D eigenvalue weighted by Gasteiger charge is -2.11. The monoisotopic (exact) mass is 478 g/mol. The second-order valence-electron chi connectivity index (χ2n) is 8.59. The summed E-state index contributed by atoms with van der Waals surface area (Å²) >= 11 is 0. The second kappa shape index (κ2) is 13.1. The fourth-order valence-electron chi connectivity index (χ4n) is 4.06. The highest BCUT2D eigenvalue weighted by Crippen LogP contribution is 2.31. The lowest BCUT2D eigenvalue weighted by molar-refractivity contribution is -0.135. The van der Waals surface area contributed by atoms with Crippen molar-refractivity contribution in [2.24, 2.45) is 0 Å². The van der Waals surface area contributed by atoms with Crippen molar-refractivity contribution in [1.29, 1.82) is 0 Å². The lowest BCUT2D eigenvalue weighted by Crippen LogP contribution is -2.09. The molecule has 0 fully saturated rings. The first-order valence-electron chi connectivity index (χ1n) is 12.4. The molecule has 0 atom stereocenters. The van der Waals surface area contributed by atoms with Crippen LogP contribution < -0.4 is 9.47 Å². The van der Waals surface area contributed by atoms with Gasteiger partial charge in [0.1, 0.15) is 11.5 Å². The van der Waals surface area contributed by atoms with E-state index in [4.69, 9.17) is 9.47 Å². The summed E-state index contributed by atoms with van der Waals surface area (Å²) in [5, 5.41) is 0. The van der Waals surface area contributed by atoms with Crippen LogP contribution in [0, 0.1) is 0 Å². The number of rotatable bonds is 11. The van der Waals surface area contributed by atoms with Gasteiger partial charge in [0.25, 0.3) is 0 Å². The van der Waals surface area contributed by atoms with Gasteiger partial charge in [0.2, 0.25) is 0 Å². The standard InChI is InChI=1S/C32H30O4/c33-31(35-29-21-13-11-19-27(29)25-15-5-3-6-16-25)23-9-1-2-10-24-32(34)36-30-22-14-12-20-28(30)26-17-7-4-8-18-26/h3-8,11-22H,1-2,9-10,23-24H2. The average Bonchev–Trinajstić information content (AvgIpc) is 2.92. The van der Waals surface area contributed by atoms with E-state index in [0.717, 1.165) is 47.9 Å². The Morgan fingerprint density at radius 3 is 1.22 bits per heavy atom. The van der Waals surface area contributed by atoms with E-state index in [-0.39, 0.29) is 11.9 Å². The molecule has 0 aliphatic rings. The van der Waals surface area contributed by atoms with E-state index < -0.39 is 0 Å². The molecule has 4 heteroatoms. The number of benzene rings is 4. The molecule has 0 radical (unpaired) electrons. The number of hydrogen-bond donors (Lipinski definition) is 0. The summed E-state index contributed by atoms with van der Waals surface area (Å²) < 4.78 is 11.3. The fourth-order valence-corrected chi connectivity index (χ4v) is 4.06. The number of carbonyl (C=O) groups is 2. The van der Waals surface area contributed by atoms with Gasteiger partial charge >= 0.3 is 11.9 Å². The van der Waals surface area contributed by atoms with E-state index in [2.05, 4.69) is 0 Å². The molecular formula is C32H30O4. The van der Waals surface area contributed by atoms with Gasteiger partial charge in [-0.05, 0) is 36.1 Å². The third-order valence-corrected chi connectivity index (χ3v) is 5.90. The Kier molecular flexibility index (Phi) is 9.04. The third kappa shape index (κ3) is 7.16. The van der Waals surface area contributed by atoms with E-state index in [0.29, 0.717) is 24.3 Å². The molecule has 0 saturated carbocycles. The maximum Gasteiger partial charge on any atom is 0.311 e. The first kappa shape index (κ1) is 24.9. The van der Waals surface area contributed by atoms with Crippen molar-refractivity contribution < 1.29 is 19.1 Å². The van der Waals surface area contributed by atoms with Crippen LogP contribution in [0.4, 0.5) is 0 Å². The van der Waals surface area contributed by atoms with E-state index in [1.807, 2.05) is 109 Å². The van der Waals surface area contributed by atoms with Crippen LogP contribution in [0.2, 0.25) is 0 Å². The highest BCUT2D eigenvalue weighted by Gasteiger charge is 2.12. The molecule has 0 aromatic heterocycles. The van der Waals surface area contributed by atoms with Crippen molar-refractivity contribution in [2.45, 2.75) is 38.5 Å². The minimum atomic E-state index is -0.240. The molecule has 0 amide bonds. The summed E-state index contributed by atoms with van der Waals surface area (Å²) in [6.07, 6.45) is 3.83. The van der Waals surface area contributed by atoms with Crippen molar-refractivity contribution >= 4 is 11.9 Å². The van der Waals surface area contributed by atoms with E-state index >= 15 is 0 Å². The molecule has 4 nitrogen and oxygen atoms in total. The molecule has 4 rings (SSSR count). The molecular weight excluding hydrogens is 448 g/mol. The summed E-state index contributed by atoms with van der Waals surface area (Å²) in [6, 6.07) is 34.9. The van der Waals surface area contributed by atoms with Crippen LogP contribution in [0.3, 0.4) is 0 Å². The summed E-state index contributed by atoms with van der Waals surface area (Å²) in [5.41, 5.74) is 3.83. The molecule has 0 aliphatic carbocycles. The predicted octanol–water partition coefficient (Wildman–Crippen LogP) is 7.87. The molecule has 0 heterocycles. The van der Waals surface area contributed by atoms with E-state index in [1.54, 1.807) is 0 Å². The molecule has 36 heavy (non-hydrogen) atoms. The van der Waals surface area contributed by atoms with Crippen molar-refractivity contribution in [3.63, 3.8) is 0 Å². The smallest absolute Gasteiger partial charge is 0.311 e. The van der Waals surface area contributed by atoms with Crippen LogP contribution in [0.15, 0.2) is 109 Å². The summed E-state index contributed by atoms with van der Waals surface area (Å²) in [5.74, 6) is 0.671. The van der Waals surface area contributed by atoms with Gasteiger partial charge in [-0.25, -0.2) is 0 Å². The Bertz CT molecular complexity index is 1160. The number of hydrogen-bond acceptors (Lipinski definition) is 4. The zero-order valence-electron chi connectivity index (χ0n) is 20.3. The highest BCUT2D eigenvalue weighted by atomic mass is 16.5. The molecule has 0 spiro atoms. The fraction of sp³-hybridized carbons (Fsp3) is 0.188. The molecule has 0 unspecified atom stereocenters. The van der Waals surface area contributed by atoms with Crippen molar-refractivity contribution in [3.05, 3.63) is 109 Å². The van der Waals surface area contributed by atoms with Gasteiger partial charge in [-0.2, -0.15) is 0 Å². The number of carbonyl (C=O) groups excluding carboxylic acids is 2. The number of unbranched alkanes of at least 4 members (excludes halogenated alkanes) is 3. The zero-order valence-corrected chi connectivity index (χ0v) is 20.3. The van der Waals surface area contributed by atoms with Crippen molar-refractivity contribution in [1.82, 2.24) is 0 Å². The van der Waals surface area contributed by atoms with Crippen LogP contribution in [0.1, 0.15) is 38.5 Å². The van der Waals surface area contributed by atoms with Crippen LogP contribution in [-0.2, 0) is 9.59 Å². The van der Waals surface area contributed by atoms with Crippen LogP contribution in [-0.4, -0.2) is 11.9 Å². The quantitative estimate of drug-likeness (QED) is 0.125. The van der Waals surface area contributed by atoms with Crippen molar-refractivity contribution in [2.75, 3.05) is 0 Å². The van der Waals surface area contributed by atoms with Crippen molar-refractivity contribution in [3.8, 4) is 33.8 Å². The van der Waals surface area contributed by atoms with Gasteiger partial charge in [-0.15, -0.1) is 0 Å². The number of ether oxygens (including phenoxy) is 2. The molecule has 4 aromatic carbocycles. The number of esters is 2. The van der Waals surface area contributed by atoms with E-state index in [9.17, 15) is 9.59 Å². The SMILES string of the molecule is O=C(CCCCCCC(=O)Oc1ccccc1-c1ccccc1)Oc1ccccc1-c1ccccc1. The Balaban J connectivity index is 1.17. The predicted molar refractivity (Wildman–Crippen MR) is 143 cm³/mol. The van der Waals surface area contributed by atoms with Gasteiger partial charge in [-0.3, -0.25) is 9.59 Å². The van der Waals surface area contributed by atoms with Crippen LogP contribution in [0.25, 0.3) is 22.3 Å². The van der Waals surface area contributed by atoms with Crippen LogP contribution >= 0.6 is 0 Å². The third-order valence-electron chi connectivity index (χ3n) is 5.90. The highest BCUT2D eigenvalue weighted by molar-refractivity contribution is 5.79. The molecule has 0 saturated heterocycles. The molecule has 182 valence electrons. The van der Waals surface area contributed by atoms with E-state index in [1.165, 1.54) is 0 Å². The zero-order chi connectivity index (χ0) is 25.0. The minimum absolute atomic E-state index is 0.240. The van der Waals surface area contributed by atoms with Gasteiger partial charge in [0, 0.05) is 24.0 Å². The Morgan fingerprint density at radius 1 is 0.444 bits per heavy atom. The average molecular weight is 479 g/mol. The molecule has 0 N–H and O–H groups in total.